The van der Waals surface area contributed by atoms with Crippen molar-refractivity contribution in [3.63, 3.8) is 0 Å². The van der Waals surface area contributed by atoms with Gasteiger partial charge in [0.2, 0.25) is 5.91 Å². The number of hydrogen-bond acceptors (Lipinski definition) is 2. The predicted molar refractivity (Wildman–Crippen MR) is 72.5 cm³/mol. The number of halogens is 1. The monoisotopic (exact) mass is 260 g/mol. The molecule has 0 atom stereocenters. The lowest BCUT2D eigenvalue weighted by Gasteiger charge is -2.24. The van der Waals surface area contributed by atoms with E-state index in [0.29, 0.717) is 13.0 Å². The van der Waals surface area contributed by atoms with Gasteiger partial charge in [0.25, 0.3) is 0 Å². The molecule has 0 aliphatic rings. The van der Waals surface area contributed by atoms with Crippen molar-refractivity contribution in [1.29, 1.82) is 5.26 Å². The first kappa shape index (κ1) is 14.9. The van der Waals surface area contributed by atoms with Crippen molar-refractivity contribution in [3.05, 3.63) is 41.7 Å². The standard InChI is InChI=1S/C15H17FN2O/c1-12(2)18(11-3-10-17)15(19)9-6-13-4-7-14(16)8-5-13/h4-9,12H,3,11H2,1-2H3/b9-6+. The minimum Gasteiger partial charge on any atom is -0.336 e. The fourth-order valence-electron chi connectivity index (χ4n) is 1.63. The molecular weight excluding hydrogens is 243 g/mol. The number of carbonyl (C=O) groups is 1. The number of carbonyl (C=O) groups excluding carboxylic acids is 1. The van der Waals surface area contributed by atoms with E-state index in [1.165, 1.54) is 18.2 Å². The molecule has 0 fully saturated rings. The average Bonchev–Trinajstić information content (AvgIpc) is 2.38. The summed E-state index contributed by atoms with van der Waals surface area (Å²) in [5, 5.41) is 8.57. The quantitative estimate of drug-likeness (QED) is 0.764. The van der Waals surface area contributed by atoms with Crippen LogP contribution in [0.1, 0.15) is 25.8 Å². The highest BCUT2D eigenvalue weighted by Gasteiger charge is 2.13. The second-order valence-corrected chi connectivity index (χ2v) is 4.42. The SMILES string of the molecule is CC(C)N(CCC#N)C(=O)/C=C/c1ccc(F)cc1. The molecule has 1 aromatic carbocycles. The fourth-order valence-corrected chi connectivity index (χ4v) is 1.63. The molecule has 0 saturated carbocycles. The van der Waals surface area contributed by atoms with Gasteiger partial charge in [-0.2, -0.15) is 5.26 Å². The summed E-state index contributed by atoms with van der Waals surface area (Å²) >= 11 is 0. The maximum Gasteiger partial charge on any atom is 0.246 e. The van der Waals surface area contributed by atoms with Gasteiger partial charge in [0.15, 0.2) is 0 Å². The van der Waals surface area contributed by atoms with Gasteiger partial charge in [-0.15, -0.1) is 0 Å². The van der Waals surface area contributed by atoms with E-state index < -0.39 is 0 Å². The summed E-state index contributed by atoms with van der Waals surface area (Å²) in [4.78, 5) is 13.6. The molecule has 0 aliphatic carbocycles. The minimum atomic E-state index is -0.304. The van der Waals surface area contributed by atoms with Crippen LogP contribution in [-0.2, 0) is 4.79 Å². The Morgan fingerprint density at radius 1 is 1.42 bits per heavy atom. The Balaban J connectivity index is 2.70. The topological polar surface area (TPSA) is 44.1 Å². The Morgan fingerprint density at radius 2 is 2.05 bits per heavy atom. The Bertz CT molecular complexity index is 486. The summed E-state index contributed by atoms with van der Waals surface area (Å²) in [6, 6.07) is 7.97. The third kappa shape index (κ3) is 4.92. The second-order valence-electron chi connectivity index (χ2n) is 4.42. The van der Waals surface area contributed by atoms with Gasteiger partial charge in [0.05, 0.1) is 12.5 Å². The van der Waals surface area contributed by atoms with Crippen LogP contribution in [0.15, 0.2) is 30.3 Å². The summed E-state index contributed by atoms with van der Waals surface area (Å²) in [7, 11) is 0. The van der Waals surface area contributed by atoms with Crippen LogP contribution in [0.25, 0.3) is 6.08 Å². The van der Waals surface area contributed by atoms with Gasteiger partial charge >= 0.3 is 0 Å². The number of nitriles is 1. The van der Waals surface area contributed by atoms with Crippen LogP contribution in [-0.4, -0.2) is 23.4 Å². The highest BCUT2D eigenvalue weighted by molar-refractivity contribution is 5.91. The van der Waals surface area contributed by atoms with Gasteiger partial charge in [-0.3, -0.25) is 4.79 Å². The lowest BCUT2D eigenvalue weighted by Crippen LogP contribution is -2.36. The third-order valence-corrected chi connectivity index (χ3v) is 2.66. The van der Waals surface area contributed by atoms with E-state index in [0.717, 1.165) is 5.56 Å². The van der Waals surface area contributed by atoms with Crippen molar-refractivity contribution in [2.75, 3.05) is 6.54 Å². The number of benzene rings is 1. The first-order valence-corrected chi connectivity index (χ1v) is 6.16. The molecule has 0 bridgehead atoms. The molecule has 100 valence electrons. The zero-order valence-corrected chi connectivity index (χ0v) is 11.1. The lowest BCUT2D eigenvalue weighted by molar-refractivity contribution is -0.127. The molecule has 1 rings (SSSR count). The summed E-state index contributed by atoms with van der Waals surface area (Å²) in [5.74, 6) is -0.448. The fraction of sp³-hybridized carbons (Fsp3) is 0.333. The number of hydrogen-bond donors (Lipinski definition) is 0. The molecule has 0 radical (unpaired) electrons. The minimum absolute atomic E-state index is 0.0405. The normalized spacial score (nSPS) is 10.7. The van der Waals surface area contributed by atoms with Crippen LogP contribution < -0.4 is 0 Å². The lowest BCUT2D eigenvalue weighted by atomic mass is 10.2. The maximum absolute atomic E-state index is 12.7. The van der Waals surface area contributed by atoms with Crippen molar-refractivity contribution in [1.82, 2.24) is 4.90 Å². The van der Waals surface area contributed by atoms with Crippen LogP contribution in [0.5, 0.6) is 0 Å². The molecule has 0 saturated heterocycles. The Hall–Kier alpha value is -2.15. The summed E-state index contributed by atoms with van der Waals surface area (Å²) in [6.07, 6.45) is 3.41. The third-order valence-electron chi connectivity index (χ3n) is 2.66. The van der Waals surface area contributed by atoms with Gasteiger partial charge in [0, 0.05) is 18.7 Å². The number of rotatable bonds is 5. The van der Waals surface area contributed by atoms with E-state index in [2.05, 4.69) is 0 Å². The molecule has 0 unspecified atom stereocenters. The molecule has 3 nitrogen and oxygen atoms in total. The van der Waals surface area contributed by atoms with Crippen molar-refractivity contribution < 1.29 is 9.18 Å². The Labute approximate surface area is 113 Å². The molecule has 0 N–H and O–H groups in total. The van der Waals surface area contributed by atoms with Crippen LogP contribution in [0, 0.1) is 17.1 Å². The van der Waals surface area contributed by atoms with Gasteiger partial charge in [-0.05, 0) is 37.6 Å². The van der Waals surface area contributed by atoms with Crippen molar-refractivity contribution >= 4 is 12.0 Å². The van der Waals surface area contributed by atoms with Crippen molar-refractivity contribution in [2.24, 2.45) is 0 Å². The van der Waals surface area contributed by atoms with E-state index in [9.17, 15) is 9.18 Å². The van der Waals surface area contributed by atoms with Crippen LogP contribution >= 0.6 is 0 Å². The zero-order valence-electron chi connectivity index (χ0n) is 11.1. The Morgan fingerprint density at radius 3 is 2.58 bits per heavy atom. The van der Waals surface area contributed by atoms with Crippen molar-refractivity contribution in [3.8, 4) is 6.07 Å². The molecule has 19 heavy (non-hydrogen) atoms. The molecule has 0 aromatic heterocycles. The van der Waals surface area contributed by atoms with Crippen molar-refractivity contribution in [2.45, 2.75) is 26.3 Å². The maximum atomic E-state index is 12.7. The molecule has 0 spiro atoms. The highest BCUT2D eigenvalue weighted by atomic mass is 19.1. The van der Waals surface area contributed by atoms with E-state index in [-0.39, 0.29) is 17.8 Å². The number of nitrogens with zero attached hydrogens (tertiary/aromatic N) is 2. The predicted octanol–water partition coefficient (Wildman–Crippen LogP) is 2.99. The summed E-state index contributed by atoms with van der Waals surface area (Å²) in [6.45, 7) is 4.22. The zero-order chi connectivity index (χ0) is 14.3. The average molecular weight is 260 g/mol. The summed E-state index contributed by atoms with van der Waals surface area (Å²) in [5.41, 5.74) is 0.763. The van der Waals surface area contributed by atoms with Gasteiger partial charge < -0.3 is 4.90 Å². The first-order valence-electron chi connectivity index (χ1n) is 6.16. The van der Waals surface area contributed by atoms with Gasteiger partial charge in [-0.1, -0.05) is 12.1 Å². The van der Waals surface area contributed by atoms with Crippen LogP contribution in [0.2, 0.25) is 0 Å². The van der Waals surface area contributed by atoms with Crippen LogP contribution in [0.4, 0.5) is 4.39 Å². The van der Waals surface area contributed by atoms with E-state index in [1.54, 1.807) is 23.1 Å². The first-order chi connectivity index (χ1) is 9.04. The summed E-state index contributed by atoms with van der Waals surface area (Å²) < 4.78 is 12.7. The van der Waals surface area contributed by atoms with Crippen LogP contribution in [0.3, 0.4) is 0 Å². The smallest absolute Gasteiger partial charge is 0.246 e. The number of amides is 1. The highest BCUT2D eigenvalue weighted by Crippen LogP contribution is 2.07. The van der Waals surface area contributed by atoms with E-state index in [4.69, 9.17) is 5.26 Å². The molecule has 1 aromatic rings. The van der Waals surface area contributed by atoms with E-state index >= 15 is 0 Å². The van der Waals surface area contributed by atoms with Gasteiger partial charge in [0.1, 0.15) is 5.82 Å². The molecule has 1 amide bonds. The molecular formula is C15H17FN2O. The molecule has 0 heterocycles. The largest absolute Gasteiger partial charge is 0.336 e. The van der Waals surface area contributed by atoms with E-state index in [1.807, 2.05) is 19.9 Å². The van der Waals surface area contributed by atoms with Gasteiger partial charge in [-0.25, -0.2) is 4.39 Å². The molecule has 4 heteroatoms. The molecule has 0 aliphatic heterocycles. The Kier molecular flexibility index (Phi) is 5.74. The second kappa shape index (κ2) is 7.32.